The van der Waals surface area contributed by atoms with E-state index in [1.54, 1.807) is 18.2 Å². The van der Waals surface area contributed by atoms with Crippen molar-refractivity contribution in [3.8, 4) is 0 Å². The number of ether oxygens (including phenoxy) is 1. The molecule has 0 fully saturated rings. The summed E-state index contributed by atoms with van der Waals surface area (Å²) in [5.41, 5.74) is 2.80. The number of sulfonamides is 1. The van der Waals surface area contributed by atoms with E-state index in [2.05, 4.69) is 15.0 Å². The summed E-state index contributed by atoms with van der Waals surface area (Å²) in [5, 5.41) is 0. The molecule has 0 atom stereocenters. The van der Waals surface area contributed by atoms with Crippen LogP contribution in [-0.4, -0.2) is 21.0 Å². The molecule has 0 aliphatic carbocycles. The molecule has 90 valence electrons. The fourth-order valence-corrected chi connectivity index (χ4v) is 2.14. The lowest BCUT2D eigenvalue weighted by molar-refractivity contribution is -0.134. The Morgan fingerprint density at radius 2 is 1.88 bits per heavy atom. The minimum atomic E-state index is -3.63. The second-order valence-corrected chi connectivity index (χ2v) is 5.00. The standard InChI is InChI=1S/C10H10N2O4S/c13-10-6-8(7-16-10)11-12-17(14,15)9-4-2-1-3-5-9/h1-6,11-12H,7H2. The zero-order valence-corrected chi connectivity index (χ0v) is 9.53. The van der Waals surface area contributed by atoms with Crippen LogP contribution < -0.4 is 10.3 Å². The molecule has 1 aliphatic heterocycles. The second kappa shape index (κ2) is 4.56. The summed E-state index contributed by atoms with van der Waals surface area (Å²) < 4.78 is 28.1. The average Bonchev–Trinajstić information content (AvgIpc) is 2.74. The molecule has 0 bridgehead atoms. The maximum Gasteiger partial charge on any atom is 0.333 e. The van der Waals surface area contributed by atoms with Gasteiger partial charge in [-0.2, -0.15) is 0 Å². The van der Waals surface area contributed by atoms with Crippen LogP contribution in [0.1, 0.15) is 0 Å². The molecule has 0 spiro atoms. The van der Waals surface area contributed by atoms with Gasteiger partial charge in [-0.25, -0.2) is 13.2 Å². The van der Waals surface area contributed by atoms with Crippen molar-refractivity contribution in [1.82, 2.24) is 10.3 Å². The number of esters is 1. The number of nitrogens with one attached hydrogen (secondary N) is 2. The van der Waals surface area contributed by atoms with Crippen molar-refractivity contribution in [3.63, 3.8) is 0 Å². The maximum absolute atomic E-state index is 11.7. The molecule has 17 heavy (non-hydrogen) atoms. The van der Waals surface area contributed by atoms with Crippen LogP contribution in [0.25, 0.3) is 0 Å². The Kier molecular flexibility index (Phi) is 3.12. The van der Waals surface area contributed by atoms with Gasteiger partial charge in [-0.05, 0) is 12.1 Å². The van der Waals surface area contributed by atoms with Gasteiger partial charge >= 0.3 is 5.97 Å². The fourth-order valence-electron chi connectivity index (χ4n) is 1.24. The number of hydrogen-bond donors (Lipinski definition) is 2. The molecule has 0 saturated heterocycles. The molecule has 2 N–H and O–H groups in total. The van der Waals surface area contributed by atoms with E-state index in [9.17, 15) is 13.2 Å². The topological polar surface area (TPSA) is 84.5 Å². The predicted molar refractivity (Wildman–Crippen MR) is 58.9 cm³/mol. The maximum atomic E-state index is 11.7. The quantitative estimate of drug-likeness (QED) is 0.579. The monoisotopic (exact) mass is 254 g/mol. The van der Waals surface area contributed by atoms with E-state index in [1.807, 2.05) is 0 Å². The Hall–Kier alpha value is -1.86. The first-order valence-electron chi connectivity index (χ1n) is 4.78. The smallest absolute Gasteiger partial charge is 0.333 e. The normalized spacial score (nSPS) is 15.3. The van der Waals surface area contributed by atoms with Gasteiger partial charge < -0.3 is 10.2 Å². The van der Waals surface area contributed by atoms with Gasteiger partial charge in [-0.15, -0.1) is 4.83 Å². The Labute approximate surface area is 98.3 Å². The molecule has 0 aromatic heterocycles. The van der Waals surface area contributed by atoms with Crippen molar-refractivity contribution in [1.29, 1.82) is 0 Å². The van der Waals surface area contributed by atoms with Crippen LogP contribution in [-0.2, 0) is 19.6 Å². The second-order valence-electron chi connectivity index (χ2n) is 3.32. The van der Waals surface area contributed by atoms with E-state index in [0.29, 0.717) is 5.70 Å². The van der Waals surface area contributed by atoms with Crippen LogP contribution in [0.4, 0.5) is 0 Å². The van der Waals surface area contributed by atoms with Gasteiger partial charge in [0, 0.05) is 6.08 Å². The molecule has 0 unspecified atom stereocenters. The van der Waals surface area contributed by atoms with Crippen LogP contribution in [0.15, 0.2) is 47.0 Å². The van der Waals surface area contributed by atoms with Crippen molar-refractivity contribution >= 4 is 16.0 Å². The SMILES string of the molecule is O=C1C=C(NNS(=O)(=O)c2ccccc2)CO1. The van der Waals surface area contributed by atoms with Crippen molar-refractivity contribution in [3.05, 3.63) is 42.1 Å². The summed E-state index contributed by atoms with van der Waals surface area (Å²) >= 11 is 0. The highest BCUT2D eigenvalue weighted by molar-refractivity contribution is 7.89. The van der Waals surface area contributed by atoms with Crippen molar-refractivity contribution in [2.24, 2.45) is 0 Å². The fraction of sp³-hybridized carbons (Fsp3) is 0.100. The number of carbonyl (C=O) groups is 1. The molecular weight excluding hydrogens is 244 g/mol. The van der Waals surface area contributed by atoms with Gasteiger partial charge in [0.05, 0.1) is 10.6 Å². The van der Waals surface area contributed by atoms with Gasteiger partial charge in [-0.1, -0.05) is 18.2 Å². The average molecular weight is 254 g/mol. The van der Waals surface area contributed by atoms with Crippen molar-refractivity contribution in [2.45, 2.75) is 4.90 Å². The van der Waals surface area contributed by atoms with E-state index >= 15 is 0 Å². The molecule has 1 aromatic carbocycles. The van der Waals surface area contributed by atoms with Crippen LogP contribution in [0.2, 0.25) is 0 Å². The van der Waals surface area contributed by atoms with Gasteiger partial charge in [0.2, 0.25) is 0 Å². The first-order valence-corrected chi connectivity index (χ1v) is 6.26. The van der Waals surface area contributed by atoms with Crippen LogP contribution in [0.5, 0.6) is 0 Å². The highest BCUT2D eigenvalue weighted by atomic mass is 32.2. The molecule has 1 aromatic rings. The highest BCUT2D eigenvalue weighted by Crippen LogP contribution is 2.07. The molecule has 0 amide bonds. The molecule has 2 rings (SSSR count). The molecule has 1 aliphatic rings. The number of cyclic esters (lactones) is 1. The van der Waals surface area contributed by atoms with E-state index in [-0.39, 0.29) is 11.5 Å². The van der Waals surface area contributed by atoms with Crippen LogP contribution in [0.3, 0.4) is 0 Å². The molecule has 0 saturated carbocycles. The highest BCUT2D eigenvalue weighted by Gasteiger charge is 2.16. The zero-order chi connectivity index (χ0) is 12.3. The lowest BCUT2D eigenvalue weighted by Gasteiger charge is -2.08. The van der Waals surface area contributed by atoms with E-state index in [0.717, 1.165) is 0 Å². The summed E-state index contributed by atoms with van der Waals surface area (Å²) in [6.45, 7) is 0.0378. The lowest BCUT2D eigenvalue weighted by atomic mass is 10.4. The van der Waals surface area contributed by atoms with Gasteiger partial charge in [0.15, 0.2) is 0 Å². The Morgan fingerprint density at radius 1 is 1.18 bits per heavy atom. The Balaban J connectivity index is 2.04. The zero-order valence-electron chi connectivity index (χ0n) is 8.71. The third-order valence-electron chi connectivity index (χ3n) is 2.06. The Morgan fingerprint density at radius 3 is 2.47 bits per heavy atom. The lowest BCUT2D eigenvalue weighted by Crippen LogP contribution is -2.37. The van der Waals surface area contributed by atoms with Gasteiger partial charge in [-0.3, -0.25) is 0 Å². The van der Waals surface area contributed by atoms with E-state index in [4.69, 9.17) is 0 Å². The summed E-state index contributed by atoms with van der Waals surface area (Å²) in [4.78, 5) is 13.0. The largest absolute Gasteiger partial charge is 0.456 e. The minimum Gasteiger partial charge on any atom is -0.456 e. The molecule has 1 heterocycles. The molecule has 6 nitrogen and oxygen atoms in total. The number of rotatable bonds is 4. The first-order chi connectivity index (χ1) is 8.08. The summed E-state index contributed by atoms with van der Waals surface area (Å²) in [6.07, 6.45) is 1.19. The number of hydrogen-bond acceptors (Lipinski definition) is 5. The van der Waals surface area contributed by atoms with Crippen LogP contribution >= 0.6 is 0 Å². The number of benzene rings is 1. The van der Waals surface area contributed by atoms with Crippen molar-refractivity contribution in [2.75, 3.05) is 6.61 Å². The summed E-state index contributed by atoms with van der Waals surface area (Å²) in [5.74, 6) is -0.494. The predicted octanol–water partition coefficient (Wildman–Crippen LogP) is -0.0898. The van der Waals surface area contributed by atoms with Gasteiger partial charge in [0.25, 0.3) is 10.0 Å². The van der Waals surface area contributed by atoms with E-state index in [1.165, 1.54) is 18.2 Å². The van der Waals surface area contributed by atoms with Crippen LogP contribution in [0, 0.1) is 0 Å². The molecular formula is C10H10N2O4S. The third-order valence-corrected chi connectivity index (χ3v) is 3.33. The number of hydrazine groups is 1. The minimum absolute atomic E-state index is 0.0378. The summed E-state index contributed by atoms with van der Waals surface area (Å²) in [7, 11) is -3.63. The summed E-state index contributed by atoms with van der Waals surface area (Å²) in [6, 6.07) is 7.90. The first kappa shape index (κ1) is 11.6. The third kappa shape index (κ3) is 2.83. The molecule has 0 radical (unpaired) electrons. The van der Waals surface area contributed by atoms with E-state index < -0.39 is 16.0 Å². The Bertz CT molecular complexity index is 551. The van der Waals surface area contributed by atoms with Gasteiger partial charge in [0.1, 0.15) is 6.61 Å². The van der Waals surface area contributed by atoms with Crippen molar-refractivity contribution < 1.29 is 17.9 Å². The molecule has 7 heteroatoms. The number of carbonyl (C=O) groups excluding carboxylic acids is 1.